The molecule has 0 bridgehead atoms. The zero-order chi connectivity index (χ0) is 11.0. The fourth-order valence-electron chi connectivity index (χ4n) is 1.74. The second-order valence-corrected chi connectivity index (χ2v) is 4.86. The van der Waals surface area contributed by atoms with Crippen molar-refractivity contribution in [1.82, 2.24) is 10.2 Å². The second-order valence-electron chi connectivity index (χ2n) is 4.00. The van der Waals surface area contributed by atoms with E-state index in [1.54, 1.807) is 0 Å². The summed E-state index contributed by atoms with van der Waals surface area (Å²) in [5.41, 5.74) is 9.12. The second kappa shape index (κ2) is 3.94. The van der Waals surface area contributed by atoms with E-state index >= 15 is 0 Å². The van der Waals surface area contributed by atoms with Gasteiger partial charge >= 0.3 is 0 Å². The fraction of sp³-hybridized carbons (Fsp3) is 0.364. The van der Waals surface area contributed by atoms with E-state index in [0.717, 1.165) is 22.1 Å². The zero-order valence-electron chi connectivity index (χ0n) is 8.84. The van der Waals surface area contributed by atoms with Gasteiger partial charge in [0.25, 0.3) is 0 Å². The maximum Gasteiger partial charge on any atom is 0.107 e. The van der Waals surface area contributed by atoms with Crippen molar-refractivity contribution in [3.63, 3.8) is 0 Å². The highest BCUT2D eigenvalue weighted by Gasteiger charge is 2.08. The smallest absolute Gasteiger partial charge is 0.107 e. The number of hydrogen-bond acceptors (Lipinski definition) is 2. The Hall–Kier alpha value is -0.870. The molecule has 0 fully saturated rings. The van der Waals surface area contributed by atoms with Crippen LogP contribution in [0.15, 0.2) is 16.6 Å². The zero-order valence-corrected chi connectivity index (χ0v) is 10.4. The van der Waals surface area contributed by atoms with Crippen molar-refractivity contribution in [1.29, 1.82) is 0 Å². The van der Waals surface area contributed by atoms with Gasteiger partial charge in [0.1, 0.15) is 5.52 Å². The van der Waals surface area contributed by atoms with Gasteiger partial charge in [0.05, 0.1) is 0 Å². The molecule has 4 heteroatoms. The number of rotatable bonds is 2. The molecule has 1 heterocycles. The quantitative estimate of drug-likeness (QED) is 0.879. The SMILES string of the molecule is Cc1[nH]nc2c(Br)cc(CC(C)N)cc12. The molecule has 15 heavy (non-hydrogen) atoms. The van der Waals surface area contributed by atoms with Crippen LogP contribution in [-0.2, 0) is 6.42 Å². The molecule has 0 radical (unpaired) electrons. The molecule has 3 N–H and O–H groups in total. The number of halogens is 1. The molecular weight excluding hydrogens is 254 g/mol. The third kappa shape index (κ3) is 2.06. The Morgan fingerprint density at radius 1 is 1.53 bits per heavy atom. The summed E-state index contributed by atoms with van der Waals surface area (Å²) in [6.45, 7) is 4.04. The molecule has 0 saturated heterocycles. The van der Waals surface area contributed by atoms with E-state index in [4.69, 9.17) is 5.73 Å². The van der Waals surface area contributed by atoms with E-state index in [1.807, 2.05) is 13.8 Å². The topological polar surface area (TPSA) is 54.7 Å². The first-order valence-electron chi connectivity index (χ1n) is 4.96. The minimum atomic E-state index is 0.182. The van der Waals surface area contributed by atoms with Crippen molar-refractivity contribution in [2.24, 2.45) is 5.73 Å². The lowest BCUT2D eigenvalue weighted by atomic mass is 10.1. The summed E-state index contributed by atoms with van der Waals surface area (Å²) in [6, 6.07) is 4.43. The first kappa shape index (κ1) is 10.6. The van der Waals surface area contributed by atoms with Gasteiger partial charge in [-0.3, -0.25) is 5.10 Å². The molecule has 3 nitrogen and oxygen atoms in total. The number of H-pyrrole nitrogens is 1. The molecule has 2 aromatic rings. The molecule has 0 aliphatic heterocycles. The minimum absolute atomic E-state index is 0.182. The van der Waals surface area contributed by atoms with E-state index < -0.39 is 0 Å². The van der Waals surface area contributed by atoms with Crippen LogP contribution in [-0.4, -0.2) is 16.2 Å². The normalized spacial score (nSPS) is 13.3. The highest BCUT2D eigenvalue weighted by Crippen LogP contribution is 2.26. The number of nitrogens with two attached hydrogens (primary N) is 1. The summed E-state index contributed by atoms with van der Waals surface area (Å²) in [5, 5.41) is 8.39. The van der Waals surface area contributed by atoms with Gasteiger partial charge in [-0.2, -0.15) is 5.10 Å². The number of benzene rings is 1. The molecular formula is C11H14BrN3. The molecule has 0 spiro atoms. The number of nitrogens with one attached hydrogen (secondary N) is 1. The number of nitrogens with zero attached hydrogens (tertiary/aromatic N) is 1. The van der Waals surface area contributed by atoms with Crippen LogP contribution in [0.4, 0.5) is 0 Å². The Labute approximate surface area is 97.2 Å². The number of aromatic nitrogens is 2. The van der Waals surface area contributed by atoms with Crippen LogP contribution in [0.1, 0.15) is 18.2 Å². The summed E-state index contributed by atoms with van der Waals surface area (Å²) in [6.07, 6.45) is 0.888. The fourth-order valence-corrected chi connectivity index (χ4v) is 2.34. The molecule has 1 unspecified atom stereocenters. The van der Waals surface area contributed by atoms with Gasteiger partial charge in [0, 0.05) is 21.6 Å². The number of aromatic amines is 1. The number of aryl methyl sites for hydroxylation is 1. The Bertz CT molecular complexity index is 488. The number of fused-ring (bicyclic) bond motifs is 1. The molecule has 1 aromatic carbocycles. The summed E-state index contributed by atoms with van der Waals surface area (Å²) < 4.78 is 1.03. The Balaban J connectivity index is 2.55. The van der Waals surface area contributed by atoms with E-state index in [1.165, 1.54) is 10.9 Å². The lowest BCUT2D eigenvalue weighted by molar-refractivity contribution is 0.738. The third-order valence-electron chi connectivity index (χ3n) is 2.42. The molecule has 2 rings (SSSR count). The Morgan fingerprint density at radius 3 is 2.93 bits per heavy atom. The predicted octanol–water partition coefficient (Wildman–Crippen LogP) is 2.52. The highest BCUT2D eigenvalue weighted by atomic mass is 79.9. The lowest BCUT2D eigenvalue weighted by Crippen LogP contribution is -2.17. The lowest BCUT2D eigenvalue weighted by Gasteiger charge is -2.06. The standard InChI is InChI=1S/C11H14BrN3/c1-6(13)3-8-4-9-7(2)14-15-11(9)10(12)5-8/h4-6H,3,13H2,1-2H3,(H,14,15). The molecule has 80 valence electrons. The van der Waals surface area contributed by atoms with Gasteiger partial charge in [-0.05, 0) is 53.9 Å². The maximum absolute atomic E-state index is 5.79. The first-order chi connectivity index (χ1) is 7.08. The number of hydrogen-bond donors (Lipinski definition) is 2. The van der Waals surface area contributed by atoms with Crippen LogP contribution in [0.5, 0.6) is 0 Å². The van der Waals surface area contributed by atoms with Gasteiger partial charge in [0.15, 0.2) is 0 Å². The van der Waals surface area contributed by atoms with Crippen LogP contribution in [0.2, 0.25) is 0 Å². The Morgan fingerprint density at radius 2 is 2.27 bits per heavy atom. The average Bonchev–Trinajstić information content (AvgIpc) is 2.47. The average molecular weight is 268 g/mol. The van der Waals surface area contributed by atoms with E-state index in [-0.39, 0.29) is 6.04 Å². The van der Waals surface area contributed by atoms with Crippen LogP contribution in [0.3, 0.4) is 0 Å². The third-order valence-corrected chi connectivity index (χ3v) is 3.02. The van der Waals surface area contributed by atoms with Crippen molar-refractivity contribution >= 4 is 26.8 Å². The first-order valence-corrected chi connectivity index (χ1v) is 5.76. The van der Waals surface area contributed by atoms with Crippen LogP contribution < -0.4 is 5.73 Å². The molecule has 0 saturated carbocycles. The van der Waals surface area contributed by atoms with Gasteiger partial charge in [0.2, 0.25) is 0 Å². The summed E-state index contributed by atoms with van der Waals surface area (Å²) in [5.74, 6) is 0. The summed E-state index contributed by atoms with van der Waals surface area (Å²) in [7, 11) is 0. The van der Waals surface area contributed by atoms with E-state index in [9.17, 15) is 0 Å². The monoisotopic (exact) mass is 267 g/mol. The maximum atomic E-state index is 5.79. The molecule has 0 amide bonds. The minimum Gasteiger partial charge on any atom is -0.328 e. The largest absolute Gasteiger partial charge is 0.328 e. The molecule has 0 aliphatic rings. The van der Waals surface area contributed by atoms with Gasteiger partial charge in [-0.1, -0.05) is 0 Å². The van der Waals surface area contributed by atoms with E-state index in [2.05, 4.69) is 38.3 Å². The van der Waals surface area contributed by atoms with Crippen molar-refractivity contribution in [2.45, 2.75) is 26.3 Å². The van der Waals surface area contributed by atoms with E-state index in [0.29, 0.717) is 0 Å². The molecule has 1 atom stereocenters. The summed E-state index contributed by atoms with van der Waals surface area (Å²) >= 11 is 3.53. The van der Waals surface area contributed by atoms with Gasteiger partial charge in [-0.15, -0.1) is 0 Å². The highest BCUT2D eigenvalue weighted by molar-refractivity contribution is 9.10. The predicted molar refractivity (Wildman–Crippen MR) is 65.9 cm³/mol. The van der Waals surface area contributed by atoms with Gasteiger partial charge < -0.3 is 5.73 Å². The van der Waals surface area contributed by atoms with Gasteiger partial charge in [-0.25, -0.2) is 0 Å². The summed E-state index contributed by atoms with van der Waals surface area (Å²) in [4.78, 5) is 0. The van der Waals surface area contributed by atoms with Crippen molar-refractivity contribution < 1.29 is 0 Å². The van der Waals surface area contributed by atoms with Crippen LogP contribution in [0, 0.1) is 6.92 Å². The van der Waals surface area contributed by atoms with Crippen molar-refractivity contribution in [3.8, 4) is 0 Å². The van der Waals surface area contributed by atoms with Crippen LogP contribution in [0.25, 0.3) is 10.9 Å². The Kier molecular flexibility index (Phi) is 2.80. The molecule has 0 aliphatic carbocycles. The van der Waals surface area contributed by atoms with Crippen LogP contribution >= 0.6 is 15.9 Å². The van der Waals surface area contributed by atoms with Crippen molar-refractivity contribution in [3.05, 3.63) is 27.9 Å². The molecule has 1 aromatic heterocycles. The van der Waals surface area contributed by atoms with Crippen molar-refractivity contribution in [2.75, 3.05) is 0 Å².